The Labute approximate surface area is 92.8 Å². The van der Waals surface area contributed by atoms with Crippen molar-refractivity contribution in [3.8, 4) is 0 Å². The van der Waals surface area contributed by atoms with Crippen LogP contribution in [0.25, 0.3) is 0 Å². The number of aromatic nitrogens is 3. The number of hydrogen-bond acceptors (Lipinski definition) is 4. The van der Waals surface area contributed by atoms with Gasteiger partial charge in [-0.2, -0.15) is 5.10 Å². The monoisotopic (exact) mass is 238 g/mol. The van der Waals surface area contributed by atoms with Crippen LogP contribution in [0.4, 0.5) is 5.82 Å². The molecule has 6 nitrogen and oxygen atoms in total. The molecule has 2 aromatic rings. The van der Waals surface area contributed by atoms with Crippen LogP contribution in [-0.2, 0) is 10.0 Å². The minimum Gasteiger partial charge on any atom is -0.263 e. The number of aromatic amines is 1. The Morgan fingerprint density at radius 3 is 2.75 bits per heavy atom. The number of aryl methyl sites for hydroxylation is 1. The molecule has 0 aliphatic rings. The molecule has 0 saturated heterocycles. The SMILES string of the molecule is Cc1cn[nH]c1NS(=O)(=O)c1cccnc1. The van der Waals surface area contributed by atoms with Gasteiger partial charge < -0.3 is 0 Å². The van der Waals surface area contributed by atoms with E-state index in [1.54, 1.807) is 19.2 Å². The lowest BCUT2D eigenvalue weighted by Crippen LogP contribution is -2.14. The van der Waals surface area contributed by atoms with E-state index in [9.17, 15) is 8.42 Å². The van der Waals surface area contributed by atoms with Crippen LogP contribution in [0.3, 0.4) is 0 Å². The molecule has 2 aromatic heterocycles. The lowest BCUT2D eigenvalue weighted by Gasteiger charge is -2.05. The molecule has 0 fully saturated rings. The maximum Gasteiger partial charge on any atom is 0.264 e. The molecule has 0 atom stereocenters. The summed E-state index contributed by atoms with van der Waals surface area (Å²) in [6.45, 7) is 1.75. The number of rotatable bonds is 3. The highest BCUT2D eigenvalue weighted by Crippen LogP contribution is 2.15. The van der Waals surface area contributed by atoms with Crippen LogP contribution in [0.5, 0.6) is 0 Å². The third kappa shape index (κ3) is 2.03. The molecule has 2 N–H and O–H groups in total. The van der Waals surface area contributed by atoms with Gasteiger partial charge in [0.05, 0.1) is 6.20 Å². The number of H-pyrrole nitrogens is 1. The zero-order valence-corrected chi connectivity index (χ0v) is 9.32. The van der Waals surface area contributed by atoms with Crippen molar-refractivity contribution in [3.63, 3.8) is 0 Å². The first-order valence-electron chi connectivity index (χ1n) is 4.52. The summed E-state index contributed by atoms with van der Waals surface area (Å²) in [7, 11) is -3.59. The molecule has 2 heterocycles. The molecule has 0 radical (unpaired) electrons. The Balaban J connectivity index is 2.32. The standard InChI is InChI=1S/C9H10N4O2S/c1-7-5-11-12-9(7)13-16(14,15)8-3-2-4-10-6-8/h2-6H,1H3,(H2,11,12,13). The molecule has 2 rings (SSSR count). The van der Waals surface area contributed by atoms with Gasteiger partial charge in [-0.25, -0.2) is 8.42 Å². The van der Waals surface area contributed by atoms with Gasteiger partial charge in [0.25, 0.3) is 10.0 Å². The highest BCUT2D eigenvalue weighted by molar-refractivity contribution is 7.92. The molecule has 0 spiro atoms. The first-order chi connectivity index (χ1) is 7.59. The van der Waals surface area contributed by atoms with Crippen molar-refractivity contribution in [3.05, 3.63) is 36.3 Å². The van der Waals surface area contributed by atoms with Crippen LogP contribution < -0.4 is 4.72 Å². The van der Waals surface area contributed by atoms with Gasteiger partial charge in [-0.05, 0) is 19.1 Å². The van der Waals surface area contributed by atoms with Crippen LogP contribution in [0.15, 0.2) is 35.6 Å². The maximum atomic E-state index is 11.9. The lowest BCUT2D eigenvalue weighted by molar-refractivity contribution is 0.600. The fraction of sp³-hybridized carbons (Fsp3) is 0.111. The highest BCUT2D eigenvalue weighted by atomic mass is 32.2. The van der Waals surface area contributed by atoms with E-state index in [2.05, 4.69) is 19.9 Å². The number of sulfonamides is 1. The van der Waals surface area contributed by atoms with Crippen LogP contribution in [-0.4, -0.2) is 23.6 Å². The largest absolute Gasteiger partial charge is 0.264 e. The molecule has 0 amide bonds. The van der Waals surface area contributed by atoms with E-state index in [0.29, 0.717) is 5.82 Å². The molecule has 7 heteroatoms. The van der Waals surface area contributed by atoms with Gasteiger partial charge in [0.15, 0.2) is 0 Å². The van der Waals surface area contributed by atoms with Crippen molar-refractivity contribution in [1.29, 1.82) is 0 Å². The predicted molar refractivity (Wildman–Crippen MR) is 58.4 cm³/mol. The van der Waals surface area contributed by atoms with Crippen LogP contribution in [0, 0.1) is 6.92 Å². The summed E-state index contributed by atoms with van der Waals surface area (Å²) in [5.41, 5.74) is 0.729. The van der Waals surface area contributed by atoms with Crippen molar-refractivity contribution in [2.75, 3.05) is 4.72 Å². The predicted octanol–water partition coefficient (Wildman–Crippen LogP) is 0.914. The van der Waals surface area contributed by atoms with E-state index in [-0.39, 0.29) is 4.90 Å². The van der Waals surface area contributed by atoms with Gasteiger partial charge in [0.1, 0.15) is 10.7 Å². The highest BCUT2D eigenvalue weighted by Gasteiger charge is 2.15. The topological polar surface area (TPSA) is 87.7 Å². The molecular weight excluding hydrogens is 228 g/mol. The summed E-state index contributed by atoms with van der Waals surface area (Å²) in [5.74, 6) is 0.365. The minimum absolute atomic E-state index is 0.115. The molecule has 0 aliphatic carbocycles. The third-order valence-electron chi connectivity index (χ3n) is 2.01. The molecule has 0 aliphatic heterocycles. The second-order valence-electron chi connectivity index (χ2n) is 3.22. The van der Waals surface area contributed by atoms with Crippen LogP contribution in [0.2, 0.25) is 0 Å². The Kier molecular flexibility index (Phi) is 2.61. The zero-order valence-electron chi connectivity index (χ0n) is 8.51. The fourth-order valence-corrected chi connectivity index (χ4v) is 2.20. The number of nitrogens with zero attached hydrogens (tertiary/aromatic N) is 2. The number of hydrogen-bond donors (Lipinski definition) is 2. The van der Waals surface area contributed by atoms with E-state index in [4.69, 9.17) is 0 Å². The third-order valence-corrected chi connectivity index (χ3v) is 3.34. The second kappa shape index (κ2) is 3.93. The van der Waals surface area contributed by atoms with Crippen molar-refractivity contribution >= 4 is 15.8 Å². The van der Waals surface area contributed by atoms with Gasteiger partial charge in [-0.3, -0.25) is 14.8 Å². The Bertz CT molecular complexity index is 577. The van der Waals surface area contributed by atoms with Crippen molar-refractivity contribution in [2.24, 2.45) is 0 Å². The fourth-order valence-electron chi connectivity index (χ4n) is 1.15. The van der Waals surface area contributed by atoms with Gasteiger partial charge in [0.2, 0.25) is 0 Å². The average molecular weight is 238 g/mol. The van der Waals surface area contributed by atoms with Gasteiger partial charge in [-0.15, -0.1) is 0 Å². The average Bonchev–Trinajstić information content (AvgIpc) is 2.65. The van der Waals surface area contributed by atoms with E-state index in [1.165, 1.54) is 18.5 Å². The molecular formula is C9H10N4O2S. The van der Waals surface area contributed by atoms with Gasteiger partial charge in [-0.1, -0.05) is 0 Å². The quantitative estimate of drug-likeness (QED) is 0.832. The second-order valence-corrected chi connectivity index (χ2v) is 4.90. The van der Waals surface area contributed by atoms with E-state index < -0.39 is 10.0 Å². The molecule has 0 unspecified atom stereocenters. The maximum absolute atomic E-state index is 11.9. The summed E-state index contributed by atoms with van der Waals surface area (Å²) < 4.78 is 26.1. The summed E-state index contributed by atoms with van der Waals surface area (Å²) in [5, 5.41) is 6.30. The summed E-state index contributed by atoms with van der Waals surface area (Å²) in [6.07, 6.45) is 4.34. The van der Waals surface area contributed by atoms with Gasteiger partial charge in [0, 0.05) is 18.0 Å². The summed E-state index contributed by atoms with van der Waals surface area (Å²) in [4.78, 5) is 3.87. The Hall–Kier alpha value is -1.89. The smallest absolute Gasteiger partial charge is 0.263 e. The normalized spacial score (nSPS) is 11.3. The Morgan fingerprint density at radius 2 is 2.19 bits per heavy atom. The number of pyridine rings is 1. The molecule has 0 saturated carbocycles. The number of anilines is 1. The molecule has 84 valence electrons. The van der Waals surface area contributed by atoms with E-state index in [0.717, 1.165) is 5.56 Å². The van der Waals surface area contributed by atoms with E-state index in [1.807, 2.05) is 0 Å². The molecule has 0 bridgehead atoms. The first-order valence-corrected chi connectivity index (χ1v) is 6.01. The van der Waals surface area contributed by atoms with E-state index >= 15 is 0 Å². The van der Waals surface area contributed by atoms with Crippen molar-refractivity contribution in [1.82, 2.24) is 15.2 Å². The Morgan fingerprint density at radius 1 is 1.38 bits per heavy atom. The molecule has 0 aromatic carbocycles. The number of nitrogens with one attached hydrogen (secondary N) is 2. The minimum atomic E-state index is -3.59. The van der Waals surface area contributed by atoms with Crippen molar-refractivity contribution < 1.29 is 8.42 Å². The first kappa shape index (κ1) is 10.6. The van der Waals surface area contributed by atoms with Crippen LogP contribution >= 0.6 is 0 Å². The lowest BCUT2D eigenvalue weighted by atomic mass is 10.4. The zero-order chi connectivity index (χ0) is 11.6. The van der Waals surface area contributed by atoms with Gasteiger partial charge >= 0.3 is 0 Å². The van der Waals surface area contributed by atoms with Crippen molar-refractivity contribution in [2.45, 2.75) is 11.8 Å². The summed E-state index contributed by atoms with van der Waals surface area (Å²) in [6, 6.07) is 3.04. The molecule has 16 heavy (non-hydrogen) atoms. The summed E-state index contributed by atoms with van der Waals surface area (Å²) >= 11 is 0. The van der Waals surface area contributed by atoms with Crippen LogP contribution in [0.1, 0.15) is 5.56 Å².